The van der Waals surface area contributed by atoms with Gasteiger partial charge in [-0.15, -0.1) is 0 Å². The molecule has 0 bridgehead atoms. The van der Waals surface area contributed by atoms with Crippen molar-refractivity contribution in [2.45, 2.75) is 31.6 Å². The average Bonchev–Trinajstić information content (AvgIpc) is 3.28. The zero-order valence-electron chi connectivity index (χ0n) is 16.4. The molecule has 1 saturated carbocycles. The Kier molecular flexibility index (Phi) is 4.50. The molecule has 7 heteroatoms. The van der Waals surface area contributed by atoms with Gasteiger partial charge in [0.1, 0.15) is 5.75 Å². The van der Waals surface area contributed by atoms with E-state index in [0.29, 0.717) is 17.4 Å². The summed E-state index contributed by atoms with van der Waals surface area (Å²) in [7, 11) is 1.65. The van der Waals surface area contributed by atoms with Gasteiger partial charge in [-0.2, -0.15) is 5.10 Å². The zero-order valence-corrected chi connectivity index (χ0v) is 16.4. The van der Waals surface area contributed by atoms with Crippen LogP contribution in [0.15, 0.2) is 42.7 Å². The molecular formula is C22H23N5O2. The van der Waals surface area contributed by atoms with Crippen molar-refractivity contribution in [3.8, 4) is 23.0 Å². The van der Waals surface area contributed by atoms with E-state index in [-0.39, 0.29) is 5.91 Å². The van der Waals surface area contributed by atoms with Gasteiger partial charge in [0.2, 0.25) is 0 Å². The summed E-state index contributed by atoms with van der Waals surface area (Å²) in [5, 5.41) is 4.53. The summed E-state index contributed by atoms with van der Waals surface area (Å²) in [6, 6.07) is 9.62. The minimum absolute atomic E-state index is 0.0801. The number of hydrogen-bond acceptors (Lipinski definition) is 5. The summed E-state index contributed by atoms with van der Waals surface area (Å²) in [5.41, 5.74) is 3.30. The second-order valence-corrected chi connectivity index (χ2v) is 7.57. The standard InChI is InChI=1S/C22H23N5O2/c1-29-19-7-3-2-6-16(19)18-10-11-23-22(25-18)27-20(15-8-9-15)17(14-24-27)21(28)26-12-4-5-13-26/h2-3,6-7,10-11,14-15H,4-5,8-9,12-13H2,1H3. The molecule has 1 aliphatic carbocycles. The van der Waals surface area contributed by atoms with Gasteiger partial charge in [-0.05, 0) is 43.9 Å². The van der Waals surface area contributed by atoms with E-state index in [1.54, 1.807) is 24.2 Å². The number of rotatable bonds is 5. The molecule has 1 amide bonds. The van der Waals surface area contributed by atoms with E-state index in [0.717, 1.165) is 61.5 Å². The summed E-state index contributed by atoms with van der Waals surface area (Å²) in [4.78, 5) is 24.2. The fraction of sp³-hybridized carbons (Fsp3) is 0.364. The molecule has 7 nitrogen and oxygen atoms in total. The third-order valence-corrected chi connectivity index (χ3v) is 5.61. The lowest BCUT2D eigenvalue weighted by molar-refractivity contribution is 0.0791. The van der Waals surface area contributed by atoms with Crippen molar-refractivity contribution in [1.82, 2.24) is 24.6 Å². The van der Waals surface area contributed by atoms with E-state index in [2.05, 4.69) is 10.1 Å². The number of ether oxygens (including phenoxy) is 1. The van der Waals surface area contributed by atoms with Crippen molar-refractivity contribution in [3.63, 3.8) is 0 Å². The first kappa shape index (κ1) is 17.8. The Hall–Kier alpha value is -3.22. The summed E-state index contributed by atoms with van der Waals surface area (Å²) >= 11 is 0. The van der Waals surface area contributed by atoms with Crippen molar-refractivity contribution in [2.75, 3.05) is 20.2 Å². The molecule has 1 aromatic carbocycles. The molecule has 1 saturated heterocycles. The van der Waals surface area contributed by atoms with Gasteiger partial charge in [-0.3, -0.25) is 4.79 Å². The van der Waals surface area contributed by atoms with Crippen LogP contribution in [0.3, 0.4) is 0 Å². The number of aromatic nitrogens is 4. The highest BCUT2D eigenvalue weighted by Crippen LogP contribution is 2.42. The van der Waals surface area contributed by atoms with E-state index in [4.69, 9.17) is 9.72 Å². The van der Waals surface area contributed by atoms with Crippen LogP contribution in [0.4, 0.5) is 0 Å². The largest absolute Gasteiger partial charge is 0.496 e. The highest BCUT2D eigenvalue weighted by molar-refractivity contribution is 5.95. The molecule has 3 aromatic rings. The number of benzene rings is 1. The SMILES string of the molecule is COc1ccccc1-c1ccnc(-n2ncc(C(=O)N3CCCC3)c2C2CC2)n1. The van der Waals surface area contributed by atoms with Crippen LogP contribution in [0.25, 0.3) is 17.2 Å². The quantitative estimate of drug-likeness (QED) is 0.668. The Labute approximate surface area is 169 Å². The molecule has 0 unspecified atom stereocenters. The van der Waals surface area contributed by atoms with Crippen molar-refractivity contribution < 1.29 is 9.53 Å². The first-order valence-corrected chi connectivity index (χ1v) is 10.1. The van der Waals surface area contributed by atoms with Gasteiger partial charge in [-0.1, -0.05) is 12.1 Å². The molecule has 2 aliphatic rings. The van der Waals surface area contributed by atoms with Gasteiger partial charge in [0, 0.05) is 30.8 Å². The molecule has 1 aliphatic heterocycles. The summed E-state index contributed by atoms with van der Waals surface area (Å²) in [6.45, 7) is 1.65. The second kappa shape index (κ2) is 7.31. The van der Waals surface area contributed by atoms with Crippen LogP contribution in [0.1, 0.15) is 47.7 Å². The molecule has 0 N–H and O–H groups in total. The topological polar surface area (TPSA) is 73.1 Å². The van der Waals surface area contributed by atoms with Gasteiger partial charge >= 0.3 is 0 Å². The molecule has 0 spiro atoms. The molecule has 0 radical (unpaired) electrons. The number of para-hydroxylation sites is 1. The van der Waals surface area contributed by atoms with Gasteiger partial charge in [-0.25, -0.2) is 14.6 Å². The van der Waals surface area contributed by atoms with Crippen molar-refractivity contribution in [3.05, 3.63) is 54.0 Å². The van der Waals surface area contributed by atoms with Crippen LogP contribution in [-0.4, -0.2) is 50.8 Å². The van der Waals surface area contributed by atoms with E-state index in [9.17, 15) is 4.79 Å². The lowest BCUT2D eigenvalue weighted by Crippen LogP contribution is -2.28. The minimum Gasteiger partial charge on any atom is -0.496 e. The van der Waals surface area contributed by atoms with Crippen molar-refractivity contribution in [2.24, 2.45) is 0 Å². The summed E-state index contributed by atoms with van der Waals surface area (Å²) in [5.74, 6) is 1.66. The number of carbonyl (C=O) groups is 1. The predicted octanol–water partition coefficient (Wildman–Crippen LogP) is 3.45. The van der Waals surface area contributed by atoms with Crippen LogP contribution >= 0.6 is 0 Å². The van der Waals surface area contributed by atoms with Crippen LogP contribution in [0.2, 0.25) is 0 Å². The highest BCUT2D eigenvalue weighted by atomic mass is 16.5. The monoisotopic (exact) mass is 389 g/mol. The Morgan fingerprint density at radius 1 is 1.14 bits per heavy atom. The van der Waals surface area contributed by atoms with Gasteiger partial charge in [0.15, 0.2) is 0 Å². The Bertz CT molecular complexity index is 1050. The van der Waals surface area contributed by atoms with E-state index in [1.165, 1.54) is 0 Å². The number of methoxy groups -OCH3 is 1. The highest BCUT2D eigenvalue weighted by Gasteiger charge is 2.35. The summed E-state index contributed by atoms with van der Waals surface area (Å²) < 4.78 is 7.23. The van der Waals surface area contributed by atoms with Crippen molar-refractivity contribution >= 4 is 5.91 Å². The fourth-order valence-corrected chi connectivity index (χ4v) is 3.98. The van der Waals surface area contributed by atoms with Crippen LogP contribution < -0.4 is 4.74 Å². The number of amides is 1. The van der Waals surface area contributed by atoms with E-state index in [1.807, 2.05) is 35.2 Å². The zero-order chi connectivity index (χ0) is 19.8. The molecular weight excluding hydrogens is 366 g/mol. The third-order valence-electron chi connectivity index (χ3n) is 5.61. The predicted molar refractivity (Wildman–Crippen MR) is 108 cm³/mol. The van der Waals surface area contributed by atoms with E-state index >= 15 is 0 Å². The first-order chi connectivity index (χ1) is 14.3. The smallest absolute Gasteiger partial charge is 0.257 e. The minimum atomic E-state index is 0.0801. The van der Waals surface area contributed by atoms with Gasteiger partial charge in [0.05, 0.1) is 30.3 Å². The Morgan fingerprint density at radius 3 is 2.69 bits per heavy atom. The number of nitrogens with zero attached hydrogens (tertiary/aromatic N) is 5. The molecule has 2 aromatic heterocycles. The van der Waals surface area contributed by atoms with Crippen LogP contribution in [0.5, 0.6) is 5.75 Å². The van der Waals surface area contributed by atoms with Crippen LogP contribution in [-0.2, 0) is 0 Å². The number of hydrogen-bond donors (Lipinski definition) is 0. The maximum absolute atomic E-state index is 13.0. The summed E-state index contributed by atoms with van der Waals surface area (Å²) in [6.07, 6.45) is 7.69. The van der Waals surface area contributed by atoms with Gasteiger partial charge < -0.3 is 9.64 Å². The Balaban J connectivity index is 1.56. The lowest BCUT2D eigenvalue weighted by atomic mass is 10.1. The molecule has 29 heavy (non-hydrogen) atoms. The molecule has 0 atom stereocenters. The number of carbonyl (C=O) groups excluding carboxylic acids is 1. The molecule has 148 valence electrons. The third kappa shape index (κ3) is 3.26. The normalized spacial score (nSPS) is 16.2. The Morgan fingerprint density at radius 2 is 1.93 bits per heavy atom. The number of likely N-dealkylation sites (tertiary alicyclic amines) is 1. The maximum Gasteiger partial charge on any atom is 0.257 e. The average molecular weight is 389 g/mol. The maximum atomic E-state index is 13.0. The molecule has 2 fully saturated rings. The van der Waals surface area contributed by atoms with Crippen molar-refractivity contribution in [1.29, 1.82) is 0 Å². The first-order valence-electron chi connectivity index (χ1n) is 10.1. The van der Waals surface area contributed by atoms with E-state index < -0.39 is 0 Å². The lowest BCUT2D eigenvalue weighted by Gasteiger charge is -2.15. The second-order valence-electron chi connectivity index (χ2n) is 7.57. The van der Waals surface area contributed by atoms with Crippen LogP contribution in [0, 0.1) is 0 Å². The molecule has 5 rings (SSSR count). The van der Waals surface area contributed by atoms with Gasteiger partial charge in [0.25, 0.3) is 11.9 Å². The molecule has 3 heterocycles. The fourth-order valence-electron chi connectivity index (χ4n) is 3.98.